The molecule has 0 N–H and O–H groups in total. The van der Waals surface area contributed by atoms with Crippen LogP contribution >= 0.6 is 15.9 Å². The summed E-state index contributed by atoms with van der Waals surface area (Å²) in [6.45, 7) is 7.76. The number of pyridine rings is 1. The molecular formula is C12H17BrN2. The zero-order valence-corrected chi connectivity index (χ0v) is 11.1. The molecule has 1 saturated heterocycles. The van der Waals surface area contributed by atoms with E-state index in [1.807, 2.05) is 6.92 Å². The molecule has 1 aliphatic rings. The van der Waals surface area contributed by atoms with Crippen molar-refractivity contribution in [3.8, 4) is 0 Å². The Kier molecular flexibility index (Phi) is 3.01. The highest BCUT2D eigenvalue weighted by molar-refractivity contribution is 9.10. The van der Waals surface area contributed by atoms with Gasteiger partial charge in [0.15, 0.2) is 0 Å². The maximum atomic E-state index is 4.62. The van der Waals surface area contributed by atoms with Crippen LogP contribution in [-0.2, 0) is 0 Å². The number of rotatable bonds is 1. The molecule has 1 fully saturated rings. The first-order chi connectivity index (χ1) is 7.08. The van der Waals surface area contributed by atoms with Gasteiger partial charge in [-0.3, -0.25) is 0 Å². The van der Waals surface area contributed by atoms with Crippen molar-refractivity contribution in [1.82, 2.24) is 4.98 Å². The molecule has 3 heteroatoms. The monoisotopic (exact) mass is 268 g/mol. The first-order valence-electron chi connectivity index (χ1n) is 5.47. The molecule has 0 spiro atoms. The average Bonchev–Trinajstić information content (AvgIpc) is 2.50. The summed E-state index contributed by atoms with van der Waals surface area (Å²) in [7, 11) is 0. The van der Waals surface area contributed by atoms with Crippen LogP contribution in [0.4, 0.5) is 5.82 Å². The lowest BCUT2D eigenvalue weighted by Gasteiger charge is -2.23. The van der Waals surface area contributed by atoms with Gasteiger partial charge in [0.2, 0.25) is 0 Å². The topological polar surface area (TPSA) is 16.1 Å². The predicted octanol–water partition coefficient (Wildman–Crippen LogP) is 3.39. The summed E-state index contributed by atoms with van der Waals surface area (Å²) in [5.41, 5.74) is 1.07. The molecule has 2 rings (SSSR count). The van der Waals surface area contributed by atoms with Crippen LogP contribution in [-0.4, -0.2) is 17.6 Å². The highest BCUT2D eigenvalue weighted by atomic mass is 79.9. The second-order valence-corrected chi connectivity index (χ2v) is 5.43. The molecule has 1 aliphatic heterocycles. The van der Waals surface area contributed by atoms with Crippen molar-refractivity contribution in [3.63, 3.8) is 0 Å². The molecule has 0 saturated carbocycles. The van der Waals surface area contributed by atoms with Gasteiger partial charge in [-0.15, -0.1) is 0 Å². The first-order valence-corrected chi connectivity index (χ1v) is 6.27. The average molecular weight is 269 g/mol. The molecule has 0 aliphatic carbocycles. The second kappa shape index (κ2) is 4.12. The van der Waals surface area contributed by atoms with Crippen molar-refractivity contribution >= 4 is 21.7 Å². The summed E-state index contributed by atoms with van der Waals surface area (Å²) in [5.74, 6) is 1.90. The molecule has 0 bridgehead atoms. The minimum Gasteiger partial charge on any atom is -0.354 e. The largest absolute Gasteiger partial charge is 0.354 e. The van der Waals surface area contributed by atoms with E-state index in [0.29, 0.717) is 6.04 Å². The van der Waals surface area contributed by atoms with E-state index >= 15 is 0 Å². The Morgan fingerprint density at radius 1 is 1.40 bits per heavy atom. The van der Waals surface area contributed by atoms with Crippen LogP contribution in [0.3, 0.4) is 0 Å². The van der Waals surface area contributed by atoms with Crippen LogP contribution < -0.4 is 4.90 Å². The van der Waals surface area contributed by atoms with Gasteiger partial charge < -0.3 is 4.90 Å². The van der Waals surface area contributed by atoms with Gasteiger partial charge in [0.1, 0.15) is 5.82 Å². The van der Waals surface area contributed by atoms with Gasteiger partial charge in [0.05, 0.1) is 5.69 Å². The molecule has 2 nitrogen and oxygen atoms in total. The molecule has 0 aromatic carbocycles. The Morgan fingerprint density at radius 2 is 2.13 bits per heavy atom. The van der Waals surface area contributed by atoms with Crippen LogP contribution in [0.15, 0.2) is 16.6 Å². The third kappa shape index (κ3) is 2.17. The van der Waals surface area contributed by atoms with Crippen LogP contribution in [0, 0.1) is 12.8 Å². The Bertz CT molecular complexity index is 365. The van der Waals surface area contributed by atoms with Gasteiger partial charge in [-0.05, 0) is 54.2 Å². The van der Waals surface area contributed by atoms with Crippen LogP contribution in [0.2, 0.25) is 0 Å². The molecule has 2 heterocycles. The van der Waals surface area contributed by atoms with Crippen molar-refractivity contribution in [3.05, 3.63) is 22.3 Å². The van der Waals surface area contributed by atoms with E-state index in [2.05, 4.69) is 51.8 Å². The standard InChI is InChI=1S/C12H17BrN2/c1-8-6-9(2)15(7-8)12-5-4-11(13)10(3)14-12/h4-5,8-9H,6-7H2,1-3H3. The molecule has 15 heavy (non-hydrogen) atoms. The van der Waals surface area contributed by atoms with E-state index in [-0.39, 0.29) is 0 Å². The van der Waals surface area contributed by atoms with Crippen LogP contribution in [0.1, 0.15) is 26.0 Å². The zero-order chi connectivity index (χ0) is 11.0. The summed E-state index contributed by atoms with van der Waals surface area (Å²) < 4.78 is 1.09. The third-order valence-corrected chi connectivity index (χ3v) is 3.92. The Morgan fingerprint density at radius 3 is 2.67 bits per heavy atom. The van der Waals surface area contributed by atoms with Gasteiger partial charge in [-0.1, -0.05) is 6.92 Å². The molecule has 2 unspecified atom stereocenters. The normalized spacial score (nSPS) is 26.0. The molecule has 0 amide bonds. The zero-order valence-electron chi connectivity index (χ0n) is 9.50. The summed E-state index contributed by atoms with van der Waals surface area (Å²) in [4.78, 5) is 7.03. The molecule has 1 aromatic rings. The van der Waals surface area contributed by atoms with Gasteiger partial charge in [-0.2, -0.15) is 0 Å². The van der Waals surface area contributed by atoms with Gasteiger partial charge in [-0.25, -0.2) is 4.98 Å². The maximum Gasteiger partial charge on any atom is 0.129 e. The summed E-state index contributed by atoms with van der Waals surface area (Å²) in [5, 5.41) is 0. The molecular weight excluding hydrogens is 252 g/mol. The fourth-order valence-corrected chi connectivity index (χ4v) is 2.53. The van der Waals surface area contributed by atoms with Crippen molar-refractivity contribution in [2.45, 2.75) is 33.2 Å². The van der Waals surface area contributed by atoms with Crippen LogP contribution in [0.25, 0.3) is 0 Å². The number of hydrogen-bond acceptors (Lipinski definition) is 2. The van der Waals surface area contributed by atoms with Crippen molar-refractivity contribution in [2.24, 2.45) is 5.92 Å². The van der Waals surface area contributed by atoms with Crippen molar-refractivity contribution < 1.29 is 0 Å². The minimum atomic E-state index is 0.619. The first kappa shape index (κ1) is 10.9. The second-order valence-electron chi connectivity index (χ2n) is 4.58. The van der Waals surface area contributed by atoms with E-state index in [0.717, 1.165) is 28.4 Å². The SMILES string of the molecule is Cc1nc(N2CC(C)CC2C)ccc1Br. The number of nitrogens with zero attached hydrogens (tertiary/aromatic N) is 2. The highest BCUT2D eigenvalue weighted by Gasteiger charge is 2.26. The van der Waals surface area contributed by atoms with Crippen molar-refractivity contribution in [1.29, 1.82) is 0 Å². The lowest BCUT2D eigenvalue weighted by atomic mass is 10.1. The minimum absolute atomic E-state index is 0.619. The summed E-state index contributed by atoms with van der Waals surface area (Å²) in [6, 6.07) is 4.81. The lowest BCUT2D eigenvalue weighted by Crippen LogP contribution is -2.27. The number of hydrogen-bond donors (Lipinski definition) is 0. The van der Waals surface area contributed by atoms with Gasteiger partial charge in [0, 0.05) is 17.1 Å². The highest BCUT2D eigenvalue weighted by Crippen LogP contribution is 2.28. The molecule has 1 aromatic heterocycles. The fraction of sp³-hybridized carbons (Fsp3) is 0.583. The van der Waals surface area contributed by atoms with Gasteiger partial charge in [0.25, 0.3) is 0 Å². The molecule has 2 atom stereocenters. The Labute approximate surface area is 99.8 Å². The van der Waals surface area contributed by atoms with E-state index < -0.39 is 0 Å². The Hall–Kier alpha value is -0.570. The van der Waals surface area contributed by atoms with E-state index in [4.69, 9.17) is 0 Å². The lowest BCUT2D eigenvalue weighted by molar-refractivity contribution is 0.625. The van der Waals surface area contributed by atoms with Crippen LogP contribution in [0.5, 0.6) is 0 Å². The fourth-order valence-electron chi connectivity index (χ4n) is 2.31. The van der Waals surface area contributed by atoms with E-state index in [1.165, 1.54) is 6.42 Å². The quantitative estimate of drug-likeness (QED) is 0.777. The molecule has 0 radical (unpaired) electrons. The predicted molar refractivity (Wildman–Crippen MR) is 67.3 cm³/mol. The number of anilines is 1. The maximum absolute atomic E-state index is 4.62. The van der Waals surface area contributed by atoms with Gasteiger partial charge >= 0.3 is 0 Å². The molecule has 82 valence electrons. The number of aromatic nitrogens is 1. The summed E-state index contributed by atoms with van der Waals surface area (Å²) in [6.07, 6.45) is 1.27. The Balaban J connectivity index is 2.26. The summed E-state index contributed by atoms with van der Waals surface area (Å²) >= 11 is 3.48. The number of halogens is 1. The number of aryl methyl sites for hydroxylation is 1. The third-order valence-electron chi connectivity index (χ3n) is 3.08. The van der Waals surface area contributed by atoms with Crippen molar-refractivity contribution in [2.75, 3.05) is 11.4 Å². The smallest absolute Gasteiger partial charge is 0.129 e. The van der Waals surface area contributed by atoms with E-state index in [1.54, 1.807) is 0 Å². The van der Waals surface area contributed by atoms with E-state index in [9.17, 15) is 0 Å².